The Morgan fingerprint density at radius 1 is 1.53 bits per heavy atom. The van der Waals surface area contributed by atoms with Gasteiger partial charge in [-0.05, 0) is 24.3 Å². The van der Waals surface area contributed by atoms with E-state index in [1.54, 1.807) is 31.4 Å². The smallest absolute Gasteiger partial charge is 0.229 e. The van der Waals surface area contributed by atoms with Crippen LogP contribution in [0.4, 0.5) is 5.69 Å². The van der Waals surface area contributed by atoms with Crippen LogP contribution in [-0.4, -0.2) is 24.4 Å². The van der Waals surface area contributed by atoms with E-state index in [2.05, 4.69) is 10.5 Å². The first-order valence-electron chi connectivity index (χ1n) is 4.36. The van der Waals surface area contributed by atoms with Gasteiger partial charge in [0.15, 0.2) is 0 Å². The summed E-state index contributed by atoms with van der Waals surface area (Å²) < 4.78 is 4.97. The Morgan fingerprint density at radius 2 is 2.20 bits per heavy atom. The second kappa shape index (κ2) is 5.64. The molecule has 0 aliphatic carbocycles. The molecule has 0 spiro atoms. The summed E-state index contributed by atoms with van der Waals surface area (Å²) in [6.07, 6.45) is 1.17. The molecule has 0 radical (unpaired) electrons. The highest BCUT2D eigenvalue weighted by Crippen LogP contribution is 2.14. The largest absolute Gasteiger partial charge is 0.497 e. The van der Waals surface area contributed by atoms with Crippen LogP contribution in [-0.2, 0) is 4.79 Å². The standard InChI is InChI=1S/C10H12N2O3/c1-15-9-4-2-8(3-5-9)12-10(13)6-7-11-14/h2-5,7,14H,6H2,1H3,(H,12,13)/b11-7-. The van der Waals surface area contributed by atoms with Gasteiger partial charge >= 0.3 is 0 Å². The number of ether oxygens (including phenoxy) is 1. The molecular formula is C10H12N2O3. The van der Waals surface area contributed by atoms with Gasteiger partial charge in [0.2, 0.25) is 5.91 Å². The number of anilines is 1. The summed E-state index contributed by atoms with van der Waals surface area (Å²) in [4.78, 5) is 11.2. The van der Waals surface area contributed by atoms with Gasteiger partial charge in [-0.1, -0.05) is 0 Å². The highest BCUT2D eigenvalue weighted by molar-refractivity contribution is 5.98. The first kappa shape index (κ1) is 11.0. The quantitative estimate of drug-likeness (QED) is 0.447. The fourth-order valence-corrected chi connectivity index (χ4v) is 1.01. The summed E-state index contributed by atoms with van der Waals surface area (Å²) >= 11 is 0. The molecule has 2 N–H and O–H groups in total. The van der Waals surface area contributed by atoms with Crippen molar-refractivity contribution in [3.8, 4) is 5.75 Å². The number of nitrogens with one attached hydrogen (secondary N) is 1. The number of benzene rings is 1. The Hall–Kier alpha value is -2.04. The number of methoxy groups -OCH3 is 1. The van der Waals surface area contributed by atoms with Gasteiger partial charge in [-0.15, -0.1) is 5.16 Å². The predicted octanol–water partition coefficient (Wildman–Crippen LogP) is 1.48. The van der Waals surface area contributed by atoms with E-state index in [1.807, 2.05) is 0 Å². The lowest BCUT2D eigenvalue weighted by atomic mass is 10.3. The van der Waals surface area contributed by atoms with Gasteiger partial charge < -0.3 is 15.3 Å². The zero-order valence-corrected chi connectivity index (χ0v) is 8.30. The Labute approximate surface area is 87.4 Å². The average Bonchev–Trinajstić information content (AvgIpc) is 2.27. The van der Waals surface area contributed by atoms with Crippen molar-refractivity contribution >= 4 is 17.8 Å². The molecule has 0 bridgehead atoms. The summed E-state index contributed by atoms with van der Waals surface area (Å²) in [5.74, 6) is 0.489. The lowest BCUT2D eigenvalue weighted by Gasteiger charge is -2.04. The topological polar surface area (TPSA) is 70.9 Å². The minimum atomic E-state index is -0.238. The van der Waals surface area contributed by atoms with Gasteiger partial charge in [0, 0.05) is 5.69 Å². The van der Waals surface area contributed by atoms with Crippen LogP contribution >= 0.6 is 0 Å². The Kier molecular flexibility index (Phi) is 4.15. The fraction of sp³-hybridized carbons (Fsp3) is 0.200. The van der Waals surface area contributed by atoms with Crippen molar-refractivity contribution in [3.63, 3.8) is 0 Å². The van der Waals surface area contributed by atoms with E-state index in [9.17, 15) is 4.79 Å². The van der Waals surface area contributed by atoms with E-state index in [-0.39, 0.29) is 12.3 Å². The first-order chi connectivity index (χ1) is 7.26. The fourth-order valence-electron chi connectivity index (χ4n) is 1.01. The summed E-state index contributed by atoms with van der Waals surface area (Å²) in [5.41, 5.74) is 0.673. The second-order valence-electron chi connectivity index (χ2n) is 2.78. The second-order valence-corrected chi connectivity index (χ2v) is 2.78. The van der Waals surface area contributed by atoms with Crippen molar-refractivity contribution in [2.75, 3.05) is 12.4 Å². The molecule has 5 heteroatoms. The number of oxime groups is 1. The van der Waals surface area contributed by atoms with Gasteiger partial charge in [0.1, 0.15) is 5.75 Å². The molecule has 80 valence electrons. The first-order valence-corrected chi connectivity index (χ1v) is 4.36. The molecule has 0 saturated carbocycles. The maximum Gasteiger partial charge on any atom is 0.229 e. The van der Waals surface area contributed by atoms with Crippen molar-refractivity contribution in [2.45, 2.75) is 6.42 Å². The van der Waals surface area contributed by atoms with Gasteiger partial charge in [0.25, 0.3) is 0 Å². The Bertz CT molecular complexity index is 346. The Balaban J connectivity index is 2.53. The van der Waals surface area contributed by atoms with Crippen molar-refractivity contribution in [1.82, 2.24) is 0 Å². The van der Waals surface area contributed by atoms with Crippen LogP contribution in [0.15, 0.2) is 29.4 Å². The highest BCUT2D eigenvalue weighted by atomic mass is 16.5. The zero-order valence-electron chi connectivity index (χ0n) is 8.30. The van der Waals surface area contributed by atoms with E-state index in [4.69, 9.17) is 9.94 Å². The van der Waals surface area contributed by atoms with Crippen LogP contribution in [0.1, 0.15) is 6.42 Å². The van der Waals surface area contributed by atoms with Gasteiger partial charge in [-0.2, -0.15) is 0 Å². The SMILES string of the molecule is COc1ccc(NC(=O)C/C=N\O)cc1. The predicted molar refractivity (Wildman–Crippen MR) is 56.5 cm³/mol. The minimum Gasteiger partial charge on any atom is -0.497 e. The van der Waals surface area contributed by atoms with E-state index in [0.717, 1.165) is 12.0 Å². The molecule has 0 aliphatic heterocycles. The van der Waals surface area contributed by atoms with E-state index in [1.165, 1.54) is 0 Å². The van der Waals surface area contributed by atoms with Crippen LogP contribution in [0.5, 0.6) is 5.75 Å². The zero-order chi connectivity index (χ0) is 11.1. The molecule has 15 heavy (non-hydrogen) atoms. The summed E-state index contributed by atoms with van der Waals surface area (Å²) in [6, 6.07) is 6.95. The van der Waals surface area contributed by atoms with E-state index in [0.29, 0.717) is 5.69 Å². The number of carbonyl (C=O) groups is 1. The van der Waals surface area contributed by atoms with E-state index < -0.39 is 0 Å². The lowest BCUT2D eigenvalue weighted by molar-refractivity contribution is -0.115. The number of nitrogens with zero attached hydrogens (tertiary/aromatic N) is 1. The number of hydrogen-bond acceptors (Lipinski definition) is 4. The van der Waals surface area contributed by atoms with Crippen LogP contribution in [0.3, 0.4) is 0 Å². The molecule has 0 unspecified atom stereocenters. The molecule has 1 aromatic rings. The molecular weight excluding hydrogens is 196 g/mol. The lowest BCUT2D eigenvalue weighted by Crippen LogP contribution is -2.11. The van der Waals surface area contributed by atoms with Crippen molar-refractivity contribution in [1.29, 1.82) is 0 Å². The number of hydrogen-bond donors (Lipinski definition) is 2. The van der Waals surface area contributed by atoms with Crippen LogP contribution in [0.2, 0.25) is 0 Å². The summed E-state index contributed by atoms with van der Waals surface area (Å²) in [6.45, 7) is 0. The third-order valence-corrected chi connectivity index (χ3v) is 1.73. The molecule has 0 atom stereocenters. The molecule has 1 amide bonds. The summed E-state index contributed by atoms with van der Waals surface area (Å²) in [5, 5.41) is 13.5. The molecule has 0 aromatic heterocycles. The molecule has 0 fully saturated rings. The van der Waals surface area contributed by atoms with Gasteiger partial charge in [0.05, 0.1) is 19.7 Å². The third-order valence-electron chi connectivity index (χ3n) is 1.73. The Morgan fingerprint density at radius 3 is 2.73 bits per heavy atom. The minimum absolute atomic E-state index is 0.0442. The highest BCUT2D eigenvalue weighted by Gasteiger charge is 2.00. The summed E-state index contributed by atoms with van der Waals surface area (Å²) in [7, 11) is 1.57. The van der Waals surface area contributed by atoms with Crippen molar-refractivity contribution in [2.24, 2.45) is 5.16 Å². The van der Waals surface area contributed by atoms with Crippen LogP contribution < -0.4 is 10.1 Å². The molecule has 5 nitrogen and oxygen atoms in total. The van der Waals surface area contributed by atoms with Crippen molar-refractivity contribution in [3.05, 3.63) is 24.3 Å². The van der Waals surface area contributed by atoms with Gasteiger partial charge in [-0.25, -0.2) is 0 Å². The number of carbonyl (C=O) groups excluding carboxylic acids is 1. The maximum absolute atomic E-state index is 11.2. The van der Waals surface area contributed by atoms with Crippen molar-refractivity contribution < 1.29 is 14.7 Å². The normalized spacial score (nSPS) is 10.2. The molecule has 0 saturated heterocycles. The maximum atomic E-state index is 11.2. The molecule has 0 aliphatic rings. The van der Waals surface area contributed by atoms with Crippen LogP contribution in [0.25, 0.3) is 0 Å². The monoisotopic (exact) mass is 208 g/mol. The average molecular weight is 208 g/mol. The van der Waals surface area contributed by atoms with Crippen LogP contribution in [0, 0.1) is 0 Å². The number of rotatable bonds is 4. The third kappa shape index (κ3) is 3.68. The molecule has 1 aromatic carbocycles. The molecule has 0 heterocycles. The van der Waals surface area contributed by atoms with E-state index >= 15 is 0 Å². The molecule has 1 rings (SSSR count). The van der Waals surface area contributed by atoms with Gasteiger partial charge in [-0.3, -0.25) is 4.79 Å². The number of amides is 1.